The molecule has 1 atom stereocenters. The first kappa shape index (κ1) is 13.6. The minimum absolute atomic E-state index is 0.00804. The fourth-order valence-corrected chi connectivity index (χ4v) is 4.40. The van der Waals surface area contributed by atoms with Gasteiger partial charge in [-0.1, -0.05) is 0 Å². The van der Waals surface area contributed by atoms with Crippen LogP contribution in [0.3, 0.4) is 0 Å². The third-order valence-electron chi connectivity index (χ3n) is 3.07. The van der Waals surface area contributed by atoms with Crippen molar-refractivity contribution in [2.24, 2.45) is 0 Å². The van der Waals surface area contributed by atoms with Gasteiger partial charge in [0, 0.05) is 10.9 Å². The maximum Gasteiger partial charge on any atom is 0.258 e. The maximum atomic E-state index is 13.4. The monoisotopic (exact) mass is 313 g/mol. The van der Waals surface area contributed by atoms with Gasteiger partial charge in [0.05, 0.1) is 6.20 Å². The third kappa shape index (κ3) is 2.58. The number of sulfonamides is 1. The molecule has 2 aromatic rings. The number of rotatable bonds is 3. The number of benzene rings is 1. The molecule has 0 amide bonds. The van der Waals surface area contributed by atoms with Crippen molar-refractivity contribution in [3.63, 3.8) is 0 Å². The van der Waals surface area contributed by atoms with Gasteiger partial charge in [0.15, 0.2) is 5.03 Å². The van der Waals surface area contributed by atoms with Crippen LogP contribution in [0.2, 0.25) is 0 Å². The molecule has 20 heavy (non-hydrogen) atoms. The van der Waals surface area contributed by atoms with Gasteiger partial charge >= 0.3 is 0 Å². The van der Waals surface area contributed by atoms with Crippen LogP contribution in [-0.2, 0) is 10.0 Å². The summed E-state index contributed by atoms with van der Waals surface area (Å²) in [6.07, 6.45) is 1.99. The van der Waals surface area contributed by atoms with E-state index in [0.717, 1.165) is 10.6 Å². The van der Waals surface area contributed by atoms with Gasteiger partial charge in [0.25, 0.3) is 10.0 Å². The molecule has 8 heteroatoms. The van der Waals surface area contributed by atoms with E-state index in [2.05, 4.69) is 14.9 Å². The van der Waals surface area contributed by atoms with Crippen LogP contribution < -0.4 is 4.72 Å². The second-order valence-electron chi connectivity index (χ2n) is 4.41. The molecule has 1 aromatic carbocycles. The van der Waals surface area contributed by atoms with E-state index in [-0.39, 0.29) is 10.8 Å². The summed E-state index contributed by atoms with van der Waals surface area (Å²) in [6.45, 7) is 0. The normalized spacial score (nSPS) is 18.8. The first-order chi connectivity index (χ1) is 9.56. The zero-order chi connectivity index (χ0) is 14.2. The van der Waals surface area contributed by atoms with E-state index < -0.39 is 16.1 Å². The number of fused-ring (bicyclic) bond motifs is 1. The van der Waals surface area contributed by atoms with Crippen molar-refractivity contribution in [1.29, 1.82) is 0 Å². The van der Waals surface area contributed by atoms with Gasteiger partial charge in [-0.2, -0.15) is 5.10 Å². The molecule has 0 fully saturated rings. The summed E-state index contributed by atoms with van der Waals surface area (Å²) >= 11 is 1.60. The van der Waals surface area contributed by atoms with Crippen molar-refractivity contribution in [3.8, 4) is 0 Å². The molecule has 2 N–H and O–H groups in total. The maximum absolute atomic E-state index is 13.4. The highest BCUT2D eigenvalue weighted by atomic mass is 32.2. The summed E-state index contributed by atoms with van der Waals surface area (Å²) in [5.74, 6) is 0.423. The summed E-state index contributed by atoms with van der Waals surface area (Å²) < 4.78 is 40.3. The Hall–Kier alpha value is -1.38. The molecule has 1 unspecified atom stereocenters. The van der Waals surface area contributed by atoms with E-state index >= 15 is 0 Å². The van der Waals surface area contributed by atoms with Crippen LogP contribution in [-0.4, -0.2) is 24.4 Å². The predicted molar refractivity (Wildman–Crippen MR) is 73.4 cm³/mol. The van der Waals surface area contributed by atoms with Gasteiger partial charge < -0.3 is 0 Å². The molecule has 5 nitrogen and oxygen atoms in total. The van der Waals surface area contributed by atoms with Crippen molar-refractivity contribution in [2.45, 2.75) is 22.4 Å². The number of thioether (sulfide) groups is 1. The second-order valence-corrected chi connectivity index (χ2v) is 7.23. The molecule has 1 aliphatic heterocycles. The average Bonchev–Trinajstić information content (AvgIpc) is 2.94. The molecule has 0 saturated carbocycles. The SMILES string of the molecule is O=S(=O)(NC1CCSc2ccc(F)cc21)c1ccn[nH]1. The molecular weight excluding hydrogens is 301 g/mol. The lowest BCUT2D eigenvalue weighted by atomic mass is 10.0. The molecule has 0 aliphatic carbocycles. The fraction of sp³-hybridized carbons (Fsp3) is 0.250. The highest BCUT2D eigenvalue weighted by Crippen LogP contribution is 2.37. The Bertz CT molecular complexity index is 716. The zero-order valence-corrected chi connectivity index (χ0v) is 12.0. The molecule has 2 heterocycles. The summed E-state index contributed by atoms with van der Waals surface area (Å²) in [4.78, 5) is 0.912. The highest BCUT2D eigenvalue weighted by Gasteiger charge is 2.27. The van der Waals surface area contributed by atoms with Crippen LogP contribution in [0.5, 0.6) is 0 Å². The molecule has 106 valence electrons. The summed E-state index contributed by atoms with van der Waals surface area (Å²) in [6, 6.07) is 5.42. The van der Waals surface area contributed by atoms with Crippen molar-refractivity contribution in [2.75, 3.05) is 5.75 Å². The van der Waals surface area contributed by atoms with E-state index in [4.69, 9.17) is 0 Å². The summed E-state index contributed by atoms with van der Waals surface area (Å²) in [5, 5.41) is 6.06. The van der Waals surface area contributed by atoms with Crippen LogP contribution in [0.15, 0.2) is 40.4 Å². The van der Waals surface area contributed by atoms with Crippen LogP contribution in [0.25, 0.3) is 0 Å². The molecule has 0 saturated heterocycles. The van der Waals surface area contributed by atoms with Gasteiger partial charge in [-0.3, -0.25) is 5.10 Å². The highest BCUT2D eigenvalue weighted by molar-refractivity contribution is 7.99. The Kier molecular flexibility index (Phi) is 3.53. The number of nitrogens with zero attached hydrogens (tertiary/aromatic N) is 1. The lowest BCUT2D eigenvalue weighted by molar-refractivity contribution is 0.538. The van der Waals surface area contributed by atoms with Crippen molar-refractivity contribution >= 4 is 21.8 Å². The van der Waals surface area contributed by atoms with E-state index in [1.54, 1.807) is 17.8 Å². The number of aromatic amines is 1. The van der Waals surface area contributed by atoms with Gasteiger partial charge in [0.2, 0.25) is 0 Å². The number of hydrogen-bond donors (Lipinski definition) is 2. The van der Waals surface area contributed by atoms with Crippen LogP contribution in [0, 0.1) is 5.82 Å². The average molecular weight is 313 g/mol. The molecule has 3 rings (SSSR count). The molecule has 0 spiro atoms. The summed E-state index contributed by atoms with van der Waals surface area (Å²) in [5.41, 5.74) is 0.685. The number of H-pyrrole nitrogens is 1. The number of aromatic nitrogens is 2. The molecule has 1 aromatic heterocycles. The number of nitrogens with one attached hydrogen (secondary N) is 2. The molecule has 0 bridgehead atoms. The Labute approximate surface area is 120 Å². The van der Waals surface area contributed by atoms with Gasteiger partial charge in [0.1, 0.15) is 5.82 Å². The molecular formula is C12H12FN3O2S2. The number of halogens is 1. The fourth-order valence-electron chi connectivity index (χ4n) is 2.13. The van der Waals surface area contributed by atoms with Gasteiger partial charge in [-0.05, 0) is 42.0 Å². The van der Waals surface area contributed by atoms with Gasteiger partial charge in [-0.15, -0.1) is 11.8 Å². The summed E-state index contributed by atoms with van der Waals surface area (Å²) in [7, 11) is -3.67. The first-order valence-corrected chi connectivity index (χ1v) is 8.47. The molecule has 1 aliphatic rings. The predicted octanol–water partition coefficient (Wildman–Crippen LogP) is 2.06. The van der Waals surface area contributed by atoms with E-state index in [9.17, 15) is 12.8 Å². The van der Waals surface area contributed by atoms with Crippen LogP contribution in [0.1, 0.15) is 18.0 Å². The van der Waals surface area contributed by atoms with E-state index in [1.807, 2.05) is 0 Å². The van der Waals surface area contributed by atoms with Crippen molar-refractivity contribution in [1.82, 2.24) is 14.9 Å². The smallest absolute Gasteiger partial charge is 0.258 e. The Morgan fingerprint density at radius 3 is 3.00 bits per heavy atom. The van der Waals surface area contributed by atoms with Crippen LogP contribution in [0.4, 0.5) is 4.39 Å². The standard InChI is InChI=1S/C12H12FN3O2S2/c13-8-1-2-11-9(7-8)10(4-6-19-11)16-20(17,18)12-3-5-14-15-12/h1-3,5,7,10,16H,4,6H2,(H,14,15). The quantitative estimate of drug-likeness (QED) is 0.909. The zero-order valence-electron chi connectivity index (χ0n) is 10.3. The Morgan fingerprint density at radius 1 is 1.40 bits per heavy atom. The number of hydrogen-bond acceptors (Lipinski definition) is 4. The lowest BCUT2D eigenvalue weighted by Gasteiger charge is -2.25. The Morgan fingerprint density at radius 2 is 2.25 bits per heavy atom. The van der Waals surface area contributed by atoms with Crippen molar-refractivity contribution < 1.29 is 12.8 Å². The van der Waals surface area contributed by atoms with E-state index in [0.29, 0.717) is 12.0 Å². The third-order valence-corrected chi connectivity index (χ3v) is 5.60. The van der Waals surface area contributed by atoms with Gasteiger partial charge in [-0.25, -0.2) is 17.5 Å². The molecule has 0 radical (unpaired) electrons. The van der Waals surface area contributed by atoms with E-state index in [1.165, 1.54) is 24.4 Å². The Balaban J connectivity index is 1.92. The first-order valence-electron chi connectivity index (χ1n) is 6.00. The van der Waals surface area contributed by atoms with Crippen molar-refractivity contribution in [3.05, 3.63) is 41.8 Å². The topological polar surface area (TPSA) is 74.8 Å². The van der Waals surface area contributed by atoms with Crippen LogP contribution >= 0.6 is 11.8 Å². The minimum Gasteiger partial charge on any atom is -0.266 e. The second kappa shape index (κ2) is 5.19. The minimum atomic E-state index is -3.67. The lowest BCUT2D eigenvalue weighted by Crippen LogP contribution is -2.31. The largest absolute Gasteiger partial charge is 0.266 e.